The predicted molar refractivity (Wildman–Crippen MR) is 100 cm³/mol. The number of hydrogen-bond donors (Lipinski definition) is 2. The monoisotopic (exact) mass is 353 g/mol. The number of rotatable bonds is 5. The van der Waals surface area contributed by atoms with E-state index in [9.17, 15) is 4.79 Å². The Bertz CT molecular complexity index is 920. The van der Waals surface area contributed by atoms with Crippen LogP contribution in [0.1, 0.15) is 36.5 Å². The summed E-state index contributed by atoms with van der Waals surface area (Å²) in [5.74, 6) is 0.675. The van der Waals surface area contributed by atoms with Gasteiger partial charge in [0.1, 0.15) is 17.3 Å². The lowest BCUT2D eigenvalue weighted by atomic mass is 10.0. The Kier molecular flexibility index (Phi) is 4.84. The lowest BCUT2D eigenvalue weighted by Crippen LogP contribution is -3.13. The van der Waals surface area contributed by atoms with Gasteiger partial charge in [-0.15, -0.1) is 0 Å². The number of quaternary nitrogens is 1. The van der Waals surface area contributed by atoms with Crippen LogP contribution in [0.25, 0.3) is 22.3 Å². The predicted octanol–water partition coefficient (Wildman–Crippen LogP) is 1.81. The molecule has 2 aromatic heterocycles. The smallest absolute Gasteiger partial charge is 0.256 e. The maximum atomic E-state index is 12.5. The largest absolute Gasteiger partial charge is 0.444 e. The molecule has 6 heteroatoms. The zero-order valence-corrected chi connectivity index (χ0v) is 15.1. The zero-order chi connectivity index (χ0) is 17.9. The highest BCUT2D eigenvalue weighted by Gasteiger charge is 2.20. The zero-order valence-electron chi connectivity index (χ0n) is 15.1. The number of carbonyl (C=O) groups excluding carboxylic acids is 1. The van der Waals surface area contributed by atoms with Crippen molar-refractivity contribution in [2.75, 3.05) is 26.2 Å². The van der Waals surface area contributed by atoms with E-state index in [1.807, 2.05) is 24.3 Å². The average molecular weight is 353 g/mol. The molecule has 0 aliphatic carbocycles. The standard InChI is InChI=1S/C20H24N4O2/c1-14-6-4-10-24(12-14)11-5-9-21-19(25)15-13-26-20-18(15)22-16-7-2-3-8-17(16)23-20/h2-3,7-8,13-14H,4-6,9-12H2,1H3,(H,21,25)/p+1. The minimum absolute atomic E-state index is 0.143. The van der Waals surface area contributed by atoms with Gasteiger partial charge in [0, 0.05) is 18.9 Å². The molecule has 136 valence electrons. The molecule has 2 atom stereocenters. The number of nitrogens with zero attached hydrogens (tertiary/aromatic N) is 2. The molecule has 2 unspecified atom stereocenters. The number of hydrogen-bond acceptors (Lipinski definition) is 4. The van der Waals surface area contributed by atoms with E-state index in [1.165, 1.54) is 32.2 Å². The van der Waals surface area contributed by atoms with Crippen LogP contribution in [0.2, 0.25) is 0 Å². The quantitative estimate of drug-likeness (QED) is 0.686. The normalized spacial score (nSPS) is 20.5. The Labute approximate surface area is 152 Å². The summed E-state index contributed by atoms with van der Waals surface area (Å²) in [7, 11) is 0. The van der Waals surface area contributed by atoms with Crippen molar-refractivity contribution in [3.63, 3.8) is 0 Å². The SMILES string of the molecule is CC1CCC[NH+](CCCNC(=O)c2coc3nc4ccccc4nc23)C1. The molecule has 0 radical (unpaired) electrons. The number of para-hydroxylation sites is 2. The van der Waals surface area contributed by atoms with E-state index < -0.39 is 0 Å². The lowest BCUT2D eigenvalue weighted by molar-refractivity contribution is -0.908. The van der Waals surface area contributed by atoms with Gasteiger partial charge in [-0.1, -0.05) is 19.1 Å². The number of aromatic nitrogens is 2. The topological polar surface area (TPSA) is 72.5 Å². The number of nitrogens with one attached hydrogen (secondary N) is 2. The summed E-state index contributed by atoms with van der Waals surface area (Å²) < 4.78 is 5.45. The molecule has 3 heterocycles. The Balaban J connectivity index is 1.38. The molecule has 1 aliphatic heterocycles. The van der Waals surface area contributed by atoms with Crippen molar-refractivity contribution < 1.29 is 14.1 Å². The van der Waals surface area contributed by atoms with Gasteiger partial charge in [-0.2, -0.15) is 0 Å². The molecule has 0 saturated carbocycles. The number of fused-ring (bicyclic) bond motifs is 2. The molecule has 1 fully saturated rings. The molecule has 0 spiro atoms. The fraction of sp³-hybridized carbons (Fsp3) is 0.450. The molecular weight excluding hydrogens is 328 g/mol. The van der Waals surface area contributed by atoms with Crippen LogP contribution >= 0.6 is 0 Å². The average Bonchev–Trinajstić information content (AvgIpc) is 3.06. The summed E-state index contributed by atoms with van der Waals surface area (Å²) >= 11 is 0. The second-order valence-electron chi connectivity index (χ2n) is 7.33. The molecular formula is C20H25N4O2+. The third-order valence-electron chi connectivity index (χ3n) is 5.18. The molecule has 1 aromatic carbocycles. The van der Waals surface area contributed by atoms with Crippen LogP contribution < -0.4 is 10.2 Å². The number of carbonyl (C=O) groups is 1. The molecule has 1 aliphatic rings. The molecule has 2 N–H and O–H groups in total. The fourth-order valence-electron chi connectivity index (χ4n) is 3.83. The number of furan rings is 1. The molecule has 26 heavy (non-hydrogen) atoms. The summed E-state index contributed by atoms with van der Waals surface area (Å²) in [6, 6.07) is 7.59. The first-order chi connectivity index (χ1) is 12.7. The highest BCUT2D eigenvalue weighted by molar-refractivity contribution is 6.04. The molecule has 1 amide bonds. The van der Waals surface area contributed by atoms with E-state index in [0.29, 0.717) is 23.3 Å². The van der Waals surface area contributed by atoms with Gasteiger partial charge in [0.2, 0.25) is 5.71 Å². The van der Waals surface area contributed by atoms with Gasteiger partial charge in [-0.05, 0) is 25.0 Å². The Morgan fingerprint density at radius 1 is 1.31 bits per heavy atom. The second-order valence-corrected chi connectivity index (χ2v) is 7.33. The highest BCUT2D eigenvalue weighted by Crippen LogP contribution is 2.20. The van der Waals surface area contributed by atoms with Crippen LogP contribution in [0.5, 0.6) is 0 Å². The van der Waals surface area contributed by atoms with Crippen LogP contribution in [-0.2, 0) is 0 Å². The van der Waals surface area contributed by atoms with Gasteiger partial charge in [0.05, 0.1) is 30.7 Å². The van der Waals surface area contributed by atoms with E-state index in [-0.39, 0.29) is 5.91 Å². The summed E-state index contributed by atoms with van der Waals surface area (Å²) in [6.45, 7) is 6.62. The third kappa shape index (κ3) is 3.55. The first-order valence-corrected chi connectivity index (χ1v) is 9.46. The van der Waals surface area contributed by atoms with Gasteiger partial charge in [0.25, 0.3) is 5.91 Å². The minimum Gasteiger partial charge on any atom is -0.444 e. The van der Waals surface area contributed by atoms with Crippen LogP contribution in [0, 0.1) is 5.92 Å². The van der Waals surface area contributed by atoms with Gasteiger partial charge >= 0.3 is 0 Å². The second kappa shape index (κ2) is 7.41. The maximum absolute atomic E-state index is 12.5. The van der Waals surface area contributed by atoms with Crippen molar-refractivity contribution >= 4 is 28.2 Å². The molecule has 0 bridgehead atoms. The maximum Gasteiger partial charge on any atom is 0.256 e. The number of amides is 1. The summed E-state index contributed by atoms with van der Waals surface area (Å²) in [5.41, 5.74) is 2.91. The van der Waals surface area contributed by atoms with Crippen molar-refractivity contribution in [1.29, 1.82) is 0 Å². The number of likely N-dealkylation sites (tertiary alicyclic amines) is 1. The Morgan fingerprint density at radius 3 is 2.92 bits per heavy atom. The molecule has 1 saturated heterocycles. The molecule has 3 aromatic rings. The van der Waals surface area contributed by atoms with Gasteiger partial charge < -0.3 is 14.6 Å². The molecule has 6 nitrogen and oxygen atoms in total. The van der Waals surface area contributed by atoms with Crippen LogP contribution in [0.3, 0.4) is 0 Å². The van der Waals surface area contributed by atoms with Crippen molar-refractivity contribution in [3.8, 4) is 0 Å². The first kappa shape index (κ1) is 17.0. The van der Waals surface area contributed by atoms with Crippen molar-refractivity contribution in [2.45, 2.75) is 26.2 Å². The Hall–Kier alpha value is -2.47. The lowest BCUT2D eigenvalue weighted by Gasteiger charge is -2.27. The first-order valence-electron chi connectivity index (χ1n) is 9.46. The fourth-order valence-corrected chi connectivity index (χ4v) is 3.83. The van der Waals surface area contributed by atoms with Crippen molar-refractivity contribution in [2.24, 2.45) is 5.92 Å². The van der Waals surface area contributed by atoms with Crippen molar-refractivity contribution in [1.82, 2.24) is 15.3 Å². The van der Waals surface area contributed by atoms with E-state index in [1.54, 1.807) is 4.90 Å². The Morgan fingerprint density at radius 2 is 2.12 bits per heavy atom. The molecule has 4 rings (SSSR count). The summed E-state index contributed by atoms with van der Waals surface area (Å²) in [4.78, 5) is 23.2. The van der Waals surface area contributed by atoms with E-state index in [4.69, 9.17) is 4.42 Å². The van der Waals surface area contributed by atoms with Gasteiger partial charge in [-0.3, -0.25) is 4.79 Å². The van der Waals surface area contributed by atoms with Crippen LogP contribution in [0.15, 0.2) is 34.9 Å². The summed E-state index contributed by atoms with van der Waals surface area (Å²) in [5, 5.41) is 3.00. The van der Waals surface area contributed by atoms with E-state index >= 15 is 0 Å². The minimum atomic E-state index is -0.143. The van der Waals surface area contributed by atoms with E-state index in [0.717, 1.165) is 29.9 Å². The highest BCUT2D eigenvalue weighted by atomic mass is 16.3. The third-order valence-corrected chi connectivity index (χ3v) is 5.18. The summed E-state index contributed by atoms with van der Waals surface area (Å²) in [6.07, 6.45) is 5.11. The van der Waals surface area contributed by atoms with Gasteiger partial charge in [-0.25, -0.2) is 9.97 Å². The number of piperidine rings is 1. The van der Waals surface area contributed by atoms with Crippen molar-refractivity contribution in [3.05, 3.63) is 36.1 Å². The van der Waals surface area contributed by atoms with Crippen LogP contribution in [-0.4, -0.2) is 42.1 Å². The van der Waals surface area contributed by atoms with Crippen LogP contribution in [0.4, 0.5) is 0 Å². The number of benzene rings is 1. The van der Waals surface area contributed by atoms with E-state index in [2.05, 4.69) is 22.2 Å². The van der Waals surface area contributed by atoms with Gasteiger partial charge in [0.15, 0.2) is 0 Å².